The second kappa shape index (κ2) is 11.0. The smallest absolute Gasteiger partial charge is 0.135 e. The van der Waals surface area contributed by atoms with Gasteiger partial charge in [-0.15, -0.1) is 0 Å². The Morgan fingerprint density at radius 3 is 1.47 bits per heavy atom. The predicted octanol–water partition coefficient (Wildman–Crippen LogP) is 7.76. The Labute approximate surface area is 291 Å². The van der Waals surface area contributed by atoms with Crippen molar-refractivity contribution in [2.45, 2.75) is 35.7 Å². The van der Waals surface area contributed by atoms with Crippen molar-refractivity contribution in [2.75, 3.05) is 0 Å². The second-order valence-corrected chi connectivity index (χ2v) is 13.7. The van der Waals surface area contributed by atoms with Crippen LogP contribution in [0.3, 0.4) is 0 Å². The lowest BCUT2D eigenvalue weighted by Gasteiger charge is -2.34. The molecule has 0 bridgehead atoms. The third-order valence-corrected chi connectivity index (χ3v) is 10.9. The fourth-order valence-electron chi connectivity index (χ4n) is 9.08. The number of hydrogen-bond donors (Lipinski definition) is 8. The molecule has 6 aromatic rings. The van der Waals surface area contributed by atoms with Gasteiger partial charge >= 0.3 is 0 Å². The molecule has 0 radical (unpaired) electrons. The standard InChI is InChI=1S/C42H32O9/c43-23-7-1-19(2-8-23)33-35(22-13-26(46)15-27(47)14-22)38-31(50)18-32-39-37(42(51-32)21-5-11-25(45)12-6-21)29-16-28(48)17-30(49)36(29)34(40(33)41(38)39)20-3-9-24(44)10-4-20/h1-18,33-35,37,40,42-50H/t33-,34+,35-,37+,40-,42-/m0/s1. The molecule has 0 saturated heterocycles. The van der Waals surface area contributed by atoms with Crippen LogP contribution in [0, 0.1) is 0 Å². The van der Waals surface area contributed by atoms with Crippen LogP contribution in [0.25, 0.3) is 0 Å². The number of phenols is 8. The SMILES string of the molecule is Oc1ccc([C@@H]2c3c(O)cc(O)cc3[C@@H]3c4c(cc(O)c5c4[C@H]2[C@@H](c2ccc(O)cc2)[C@@H]5c2cc(O)cc(O)c2)O[C@H]3c2ccc(O)cc2)cc1. The van der Waals surface area contributed by atoms with Crippen LogP contribution in [0.4, 0.5) is 0 Å². The number of hydrogen-bond acceptors (Lipinski definition) is 9. The van der Waals surface area contributed by atoms with Gasteiger partial charge in [-0.25, -0.2) is 0 Å². The minimum atomic E-state index is -0.693. The van der Waals surface area contributed by atoms with Crippen molar-refractivity contribution in [2.24, 2.45) is 0 Å². The Morgan fingerprint density at radius 2 is 0.863 bits per heavy atom. The third-order valence-electron chi connectivity index (χ3n) is 10.9. The number of fused-ring (bicyclic) bond motifs is 2. The van der Waals surface area contributed by atoms with Crippen LogP contribution in [-0.4, -0.2) is 40.9 Å². The van der Waals surface area contributed by atoms with E-state index in [9.17, 15) is 40.9 Å². The van der Waals surface area contributed by atoms with Gasteiger partial charge in [-0.2, -0.15) is 0 Å². The summed E-state index contributed by atoms with van der Waals surface area (Å²) < 4.78 is 6.70. The van der Waals surface area contributed by atoms with E-state index < -0.39 is 35.7 Å². The topological polar surface area (TPSA) is 171 Å². The summed E-state index contributed by atoms with van der Waals surface area (Å²) in [6.07, 6.45) is -0.693. The summed E-state index contributed by atoms with van der Waals surface area (Å²) in [5, 5.41) is 87.5. The van der Waals surface area contributed by atoms with Crippen LogP contribution in [0.1, 0.15) is 85.8 Å². The van der Waals surface area contributed by atoms with Crippen molar-refractivity contribution >= 4 is 0 Å². The molecule has 0 amide bonds. The van der Waals surface area contributed by atoms with Gasteiger partial charge in [0.15, 0.2) is 0 Å². The first-order valence-electron chi connectivity index (χ1n) is 16.6. The Morgan fingerprint density at radius 1 is 0.353 bits per heavy atom. The molecule has 254 valence electrons. The van der Waals surface area contributed by atoms with E-state index in [1.54, 1.807) is 84.9 Å². The van der Waals surface area contributed by atoms with E-state index in [4.69, 9.17) is 4.74 Å². The van der Waals surface area contributed by atoms with Gasteiger partial charge < -0.3 is 45.6 Å². The van der Waals surface area contributed by atoms with E-state index in [0.29, 0.717) is 28.0 Å². The van der Waals surface area contributed by atoms with E-state index in [2.05, 4.69) is 0 Å². The van der Waals surface area contributed by atoms with Gasteiger partial charge in [0, 0.05) is 58.6 Å². The lowest BCUT2D eigenvalue weighted by atomic mass is 9.69. The Kier molecular flexibility index (Phi) is 6.60. The molecule has 0 aromatic heterocycles. The maximum Gasteiger partial charge on any atom is 0.135 e. The molecule has 0 saturated carbocycles. The fourth-order valence-corrected chi connectivity index (χ4v) is 9.08. The van der Waals surface area contributed by atoms with Crippen molar-refractivity contribution in [1.29, 1.82) is 0 Å². The maximum absolute atomic E-state index is 12.1. The minimum absolute atomic E-state index is 0.0537. The van der Waals surface area contributed by atoms with Crippen molar-refractivity contribution in [3.8, 4) is 51.7 Å². The van der Waals surface area contributed by atoms with Crippen molar-refractivity contribution in [1.82, 2.24) is 0 Å². The zero-order valence-corrected chi connectivity index (χ0v) is 26.8. The van der Waals surface area contributed by atoms with Crippen molar-refractivity contribution in [3.63, 3.8) is 0 Å². The van der Waals surface area contributed by atoms with Crippen LogP contribution < -0.4 is 4.74 Å². The summed E-state index contributed by atoms with van der Waals surface area (Å²) in [4.78, 5) is 0. The van der Waals surface area contributed by atoms with Crippen LogP contribution in [0.15, 0.2) is 109 Å². The zero-order chi connectivity index (χ0) is 35.3. The molecule has 8 N–H and O–H groups in total. The highest BCUT2D eigenvalue weighted by Crippen LogP contribution is 2.70. The summed E-state index contributed by atoms with van der Waals surface area (Å²) in [5.74, 6) is -3.02. The summed E-state index contributed by atoms with van der Waals surface area (Å²) in [7, 11) is 0. The van der Waals surface area contributed by atoms with Gasteiger partial charge in [-0.1, -0.05) is 36.4 Å². The highest BCUT2D eigenvalue weighted by atomic mass is 16.5. The summed E-state index contributed by atoms with van der Waals surface area (Å²) in [6, 6.07) is 29.1. The van der Waals surface area contributed by atoms with Gasteiger partial charge in [0.05, 0.1) is 5.92 Å². The number of rotatable bonds is 4. The van der Waals surface area contributed by atoms with Gasteiger partial charge in [-0.3, -0.25) is 0 Å². The highest BCUT2D eigenvalue weighted by Gasteiger charge is 2.56. The number of benzene rings is 6. The predicted molar refractivity (Wildman–Crippen MR) is 186 cm³/mol. The average Bonchev–Trinajstić information content (AvgIpc) is 3.60. The number of phenolic OH excluding ortho intramolecular Hbond substituents is 8. The largest absolute Gasteiger partial charge is 0.508 e. The monoisotopic (exact) mass is 680 g/mol. The average molecular weight is 681 g/mol. The fraction of sp³-hybridized carbons (Fsp3) is 0.143. The molecule has 9 nitrogen and oxygen atoms in total. The van der Waals surface area contributed by atoms with E-state index >= 15 is 0 Å². The lowest BCUT2D eigenvalue weighted by molar-refractivity contribution is 0.221. The first-order chi connectivity index (χ1) is 24.6. The molecule has 2 aliphatic carbocycles. The van der Waals surface area contributed by atoms with E-state index in [0.717, 1.165) is 27.8 Å². The molecule has 6 aromatic carbocycles. The second-order valence-electron chi connectivity index (χ2n) is 13.7. The van der Waals surface area contributed by atoms with Gasteiger partial charge in [-0.05, 0) is 88.0 Å². The van der Waals surface area contributed by atoms with E-state index in [1.165, 1.54) is 12.1 Å². The molecular weight excluding hydrogens is 648 g/mol. The zero-order valence-electron chi connectivity index (χ0n) is 26.8. The molecule has 0 spiro atoms. The van der Waals surface area contributed by atoms with Gasteiger partial charge in [0.2, 0.25) is 0 Å². The lowest BCUT2D eigenvalue weighted by Crippen LogP contribution is -2.20. The van der Waals surface area contributed by atoms with Gasteiger partial charge in [0.1, 0.15) is 57.8 Å². The maximum atomic E-state index is 12.1. The molecule has 0 unspecified atom stereocenters. The molecule has 1 aliphatic heterocycles. The van der Waals surface area contributed by atoms with E-state index in [-0.39, 0.29) is 46.0 Å². The van der Waals surface area contributed by atoms with Crippen LogP contribution in [-0.2, 0) is 0 Å². The normalized spacial score (nSPS) is 22.5. The number of aromatic hydroxyl groups is 8. The third kappa shape index (κ3) is 4.61. The Bertz CT molecular complexity index is 2330. The first-order valence-corrected chi connectivity index (χ1v) is 16.6. The van der Waals surface area contributed by atoms with Crippen LogP contribution >= 0.6 is 0 Å². The molecular formula is C42H32O9. The summed E-state index contributed by atoms with van der Waals surface area (Å²) in [5.41, 5.74) is 6.00. The quantitative estimate of drug-likeness (QED) is 0.0927. The first kappa shape index (κ1) is 30.6. The van der Waals surface area contributed by atoms with Crippen molar-refractivity contribution < 1.29 is 45.6 Å². The van der Waals surface area contributed by atoms with Crippen LogP contribution in [0.2, 0.25) is 0 Å². The Hall–Kier alpha value is -6.48. The number of ether oxygens (including phenoxy) is 1. The molecule has 3 aliphatic rings. The summed E-state index contributed by atoms with van der Waals surface area (Å²) >= 11 is 0. The summed E-state index contributed by atoms with van der Waals surface area (Å²) in [6.45, 7) is 0. The molecule has 6 atom stereocenters. The Balaban J connectivity index is 1.44. The minimum Gasteiger partial charge on any atom is -0.508 e. The molecule has 51 heavy (non-hydrogen) atoms. The molecule has 9 heteroatoms. The van der Waals surface area contributed by atoms with Gasteiger partial charge in [0.25, 0.3) is 0 Å². The van der Waals surface area contributed by atoms with Crippen molar-refractivity contribution in [3.05, 3.63) is 159 Å². The molecule has 9 rings (SSSR count). The molecule has 1 heterocycles. The van der Waals surface area contributed by atoms with Crippen LogP contribution in [0.5, 0.6) is 51.7 Å². The molecule has 0 fully saturated rings. The highest BCUT2D eigenvalue weighted by molar-refractivity contribution is 5.72. The van der Waals surface area contributed by atoms with E-state index in [1.807, 2.05) is 12.1 Å².